The van der Waals surface area contributed by atoms with E-state index in [1.54, 1.807) is 7.11 Å². The van der Waals surface area contributed by atoms with Crippen molar-refractivity contribution < 1.29 is 4.74 Å². The van der Waals surface area contributed by atoms with Crippen LogP contribution in [0.25, 0.3) is 22.8 Å². The average Bonchev–Trinajstić information content (AvgIpc) is 2.90. The van der Waals surface area contributed by atoms with Crippen molar-refractivity contribution in [1.29, 1.82) is 0 Å². The monoisotopic (exact) mass is 285 g/mol. The van der Waals surface area contributed by atoms with Gasteiger partial charge in [-0.2, -0.15) is 0 Å². The molecule has 0 unspecified atom stereocenters. The summed E-state index contributed by atoms with van der Waals surface area (Å²) in [4.78, 5) is 4.59. The van der Waals surface area contributed by atoms with Crippen molar-refractivity contribution in [3.05, 3.63) is 83.7 Å². The Balaban J connectivity index is 1.88. The molecule has 1 aromatic heterocycles. The van der Waals surface area contributed by atoms with Gasteiger partial charge in [-0.15, -0.1) is 0 Å². The normalized spacial score (nSPS) is 13.8. The summed E-state index contributed by atoms with van der Waals surface area (Å²) in [6.45, 7) is 0. The zero-order chi connectivity index (χ0) is 14.9. The second-order valence-electron chi connectivity index (χ2n) is 5.28. The third kappa shape index (κ3) is 2.01. The van der Waals surface area contributed by atoms with Crippen molar-refractivity contribution in [2.45, 2.75) is 0 Å². The van der Waals surface area contributed by atoms with Crippen LogP contribution in [0.1, 0.15) is 16.8 Å². The molecular weight excluding hydrogens is 270 g/mol. The number of ether oxygens (including phenoxy) is 1. The van der Waals surface area contributed by atoms with E-state index >= 15 is 0 Å². The summed E-state index contributed by atoms with van der Waals surface area (Å²) in [7, 11) is 1.68. The maximum Gasteiger partial charge on any atom is 0.118 e. The second kappa shape index (κ2) is 5.15. The van der Waals surface area contributed by atoms with Crippen LogP contribution in [0.4, 0.5) is 0 Å². The lowest BCUT2D eigenvalue weighted by atomic mass is 10.0. The van der Waals surface area contributed by atoms with Crippen LogP contribution in [-0.4, -0.2) is 12.1 Å². The molecule has 0 N–H and O–H groups in total. The Hall–Kier alpha value is -2.87. The molecule has 106 valence electrons. The highest BCUT2D eigenvalue weighted by Gasteiger charge is 2.23. The number of hydrogen-bond acceptors (Lipinski definition) is 2. The SMILES string of the molecule is COc1ccc(C=C2c3ccccc3-c3cccnc32)cc1. The zero-order valence-electron chi connectivity index (χ0n) is 12.3. The standard InChI is InChI=1S/C20H15NO/c1-22-15-10-8-14(9-11-15)13-19-17-6-3-2-5-16(17)18-7-4-12-21-20(18)19/h2-13H,1H3. The van der Waals surface area contributed by atoms with E-state index in [9.17, 15) is 0 Å². The van der Waals surface area contributed by atoms with Gasteiger partial charge in [-0.1, -0.05) is 42.5 Å². The lowest BCUT2D eigenvalue weighted by molar-refractivity contribution is 0.415. The van der Waals surface area contributed by atoms with Gasteiger partial charge in [0.1, 0.15) is 5.75 Å². The Labute approximate surface area is 129 Å². The van der Waals surface area contributed by atoms with Gasteiger partial charge in [0.15, 0.2) is 0 Å². The molecule has 0 saturated heterocycles. The van der Waals surface area contributed by atoms with Crippen molar-refractivity contribution in [2.24, 2.45) is 0 Å². The molecule has 2 heteroatoms. The molecule has 1 aliphatic carbocycles. The number of rotatable bonds is 2. The molecular formula is C20H15NO. The van der Waals surface area contributed by atoms with Gasteiger partial charge in [0, 0.05) is 17.3 Å². The fourth-order valence-electron chi connectivity index (χ4n) is 2.93. The molecule has 0 atom stereocenters. The number of aromatic nitrogens is 1. The second-order valence-corrected chi connectivity index (χ2v) is 5.28. The van der Waals surface area contributed by atoms with Crippen LogP contribution < -0.4 is 4.74 Å². The van der Waals surface area contributed by atoms with E-state index in [1.807, 2.05) is 24.4 Å². The molecule has 3 aromatic rings. The predicted molar refractivity (Wildman–Crippen MR) is 89.6 cm³/mol. The smallest absolute Gasteiger partial charge is 0.118 e. The van der Waals surface area contributed by atoms with E-state index in [4.69, 9.17) is 4.74 Å². The van der Waals surface area contributed by atoms with E-state index < -0.39 is 0 Å². The molecule has 1 heterocycles. The van der Waals surface area contributed by atoms with Crippen molar-refractivity contribution in [3.8, 4) is 16.9 Å². The summed E-state index contributed by atoms with van der Waals surface area (Å²) in [5.41, 5.74) is 7.08. The van der Waals surface area contributed by atoms with E-state index in [0.29, 0.717) is 0 Å². The summed E-state index contributed by atoms with van der Waals surface area (Å²) in [6.07, 6.45) is 4.05. The summed E-state index contributed by atoms with van der Waals surface area (Å²) in [5.74, 6) is 0.868. The number of methoxy groups -OCH3 is 1. The minimum Gasteiger partial charge on any atom is -0.497 e. The number of fused-ring (bicyclic) bond motifs is 3. The molecule has 1 aliphatic rings. The number of benzene rings is 2. The number of nitrogens with zero attached hydrogens (tertiary/aromatic N) is 1. The lowest BCUT2D eigenvalue weighted by Crippen LogP contribution is -1.86. The molecule has 2 nitrogen and oxygen atoms in total. The first-order valence-corrected chi connectivity index (χ1v) is 7.28. The van der Waals surface area contributed by atoms with Crippen LogP contribution in [-0.2, 0) is 0 Å². The molecule has 4 rings (SSSR count). The Morgan fingerprint density at radius 1 is 0.818 bits per heavy atom. The highest BCUT2D eigenvalue weighted by Crippen LogP contribution is 2.43. The summed E-state index contributed by atoms with van der Waals surface area (Å²) < 4.78 is 5.22. The highest BCUT2D eigenvalue weighted by molar-refractivity contribution is 6.05. The first-order valence-electron chi connectivity index (χ1n) is 7.28. The van der Waals surface area contributed by atoms with E-state index in [1.165, 1.54) is 22.3 Å². The minimum absolute atomic E-state index is 0.868. The van der Waals surface area contributed by atoms with Crippen molar-refractivity contribution in [2.75, 3.05) is 7.11 Å². The van der Waals surface area contributed by atoms with Gasteiger partial charge < -0.3 is 4.74 Å². The van der Waals surface area contributed by atoms with Gasteiger partial charge in [-0.25, -0.2) is 0 Å². The molecule has 0 aliphatic heterocycles. The van der Waals surface area contributed by atoms with Crippen LogP contribution in [0.3, 0.4) is 0 Å². The van der Waals surface area contributed by atoms with Crippen molar-refractivity contribution in [3.63, 3.8) is 0 Å². The Morgan fingerprint density at radius 2 is 1.55 bits per heavy atom. The predicted octanol–water partition coefficient (Wildman–Crippen LogP) is 4.66. The van der Waals surface area contributed by atoms with Crippen LogP contribution in [0, 0.1) is 0 Å². The molecule has 0 fully saturated rings. The fourth-order valence-corrected chi connectivity index (χ4v) is 2.93. The van der Waals surface area contributed by atoms with Gasteiger partial charge in [-0.05, 0) is 41.0 Å². The van der Waals surface area contributed by atoms with Crippen LogP contribution >= 0.6 is 0 Å². The van der Waals surface area contributed by atoms with Crippen LogP contribution in [0.5, 0.6) is 5.75 Å². The van der Waals surface area contributed by atoms with Gasteiger partial charge in [-0.3, -0.25) is 4.98 Å². The number of hydrogen-bond donors (Lipinski definition) is 0. The maximum absolute atomic E-state index is 5.22. The van der Waals surface area contributed by atoms with E-state index in [-0.39, 0.29) is 0 Å². The first kappa shape index (κ1) is 12.8. The largest absolute Gasteiger partial charge is 0.497 e. The molecule has 0 bridgehead atoms. The summed E-state index contributed by atoms with van der Waals surface area (Å²) in [6, 6.07) is 20.7. The van der Waals surface area contributed by atoms with Gasteiger partial charge in [0.25, 0.3) is 0 Å². The summed E-state index contributed by atoms with van der Waals surface area (Å²) in [5, 5.41) is 0. The molecule has 0 amide bonds. The number of pyridine rings is 1. The Kier molecular flexibility index (Phi) is 3.01. The highest BCUT2D eigenvalue weighted by atomic mass is 16.5. The fraction of sp³-hybridized carbons (Fsp3) is 0.0500. The molecule has 0 radical (unpaired) electrons. The maximum atomic E-state index is 5.22. The third-order valence-corrected chi connectivity index (χ3v) is 4.00. The molecule has 0 saturated carbocycles. The minimum atomic E-state index is 0.868. The first-order chi connectivity index (χ1) is 10.9. The zero-order valence-corrected chi connectivity index (χ0v) is 12.3. The van der Waals surface area contributed by atoms with Crippen molar-refractivity contribution in [1.82, 2.24) is 4.98 Å². The molecule has 22 heavy (non-hydrogen) atoms. The topological polar surface area (TPSA) is 22.1 Å². The van der Waals surface area contributed by atoms with Gasteiger partial charge in [0.05, 0.1) is 12.8 Å². The third-order valence-electron chi connectivity index (χ3n) is 4.00. The Bertz CT molecular complexity index is 815. The lowest BCUT2D eigenvalue weighted by Gasteiger charge is -2.03. The van der Waals surface area contributed by atoms with E-state index in [2.05, 4.69) is 53.5 Å². The van der Waals surface area contributed by atoms with E-state index in [0.717, 1.165) is 17.0 Å². The van der Waals surface area contributed by atoms with Crippen LogP contribution in [0.15, 0.2) is 66.9 Å². The van der Waals surface area contributed by atoms with Gasteiger partial charge >= 0.3 is 0 Å². The summed E-state index contributed by atoms with van der Waals surface area (Å²) >= 11 is 0. The molecule has 0 spiro atoms. The van der Waals surface area contributed by atoms with Crippen molar-refractivity contribution >= 4 is 11.6 Å². The average molecular weight is 285 g/mol. The van der Waals surface area contributed by atoms with Gasteiger partial charge in [0.2, 0.25) is 0 Å². The van der Waals surface area contributed by atoms with Crippen LogP contribution in [0.2, 0.25) is 0 Å². The quantitative estimate of drug-likeness (QED) is 0.534. The Morgan fingerprint density at radius 3 is 2.32 bits per heavy atom. The molecule has 2 aromatic carbocycles.